The van der Waals surface area contributed by atoms with Gasteiger partial charge in [0.05, 0.1) is 49.2 Å². The van der Waals surface area contributed by atoms with Crippen molar-refractivity contribution in [2.75, 3.05) is 27.3 Å². The zero-order chi connectivity index (χ0) is 39.9. The van der Waals surface area contributed by atoms with Crippen LogP contribution in [0.4, 0.5) is 9.59 Å². The van der Waals surface area contributed by atoms with Gasteiger partial charge in [-0.15, -0.1) is 0 Å². The summed E-state index contributed by atoms with van der Waals surface area (Å²) in [6.45, 7) is 1.24. The minimum Gasteiger partial charge on any atom is -0.453 e. The summed E-state index contributed by atoms with van der Waals surface area (Å²) in [6.07, 6.45) is 9.80. The smallest absolute Gasteiger partial charge is 0.407 e. The fraction of sp³-hybridized carbons (Fsp3) is 0.455. The van der Waals surface area contributed by atoms with Crippen LogP contribution in [0.15, 0.2) is 60.8 Å². The van der Waals surface area contributed by atoms with Gasteiger partial charge >= 0.3 is 12.2 Å². The number of carbonyl (C=O) groups is 4. The first kappa shape index (κ1) is 37.6. The second-order valence-electron chi connectivity index (χ2n) is 16.3. The van der Waals surface area contributed by atoms with Gasteiger partial charge in [-0.05, 0) is 109 Å². The standard InChI is InChI=1S/C44H50N8O6/c1-57-43(55)49-37(25-7-3-8-25)41(53)51-19-5-11-35(51)39-45-24-34(48-39)31-16-15-27-21-28(13-14-29(27)22-31)30-17-18-32-33(23-30)47-40(46-32)36-12-6-20-52(36)42(54)38(26-9-4-10-26)50-44(56)58-2/h13-18,21-26,35-38H,3-12,19-20H2,1-2H3,(H,45,48)(H,46,47)(H,49,55)(H,50,56)/t35-,36-,37-,38-/m0/s1. The Kier molecular flexibility index (Phi) is 10.2. The SMILES string of the molecule is COC(=O)N[C@H](C(=O)N1CCC[C@H]1c1ncc(-c2ccc3cc(-c4ccc5nc([C@@H]6CCCN6C(=O)[C@@H](NC(=O)OC)C6CCC6)[nH]c5c4)ccc3c2)[nH]1)C1CCC1. The van der Waals surface area contributed by atoms with Crippen LogP contribution in [0.5, 0.6) is 0 Å². The molecule has 2 saturated carbocycles. The van der Waals surface area contributed by atoms with Crippen molar-refractivity contribution in [3.05, 3.63) is 72.4 Å². The molecule has 0 spiro atoms. The molecule has 4 fully saturated rings. The fourth-order valence-electron chi connectivity index (χ4n) is 9.28. The Morgan fingerprint density at radius 1 is 0.655 bits per heavy atom. The summed E-state index contributed by atoms with van der Waals surface area (Å²) in [4.78, 5) is 72.3. The lowest BCUT2D eigenvalue weighted by Gasteiger charge is -2.36. The zero-order valence-corrected chi connectivity index (χ0v) is 33.0. The van der Waals surface area contributed by atoms with E-state index in [1.165, 1.54) is 14.2 Å². The molecule has 14 nitrogen and oxygen atoms in total. The molecular weight excluding hydrogens is 737 g/mol. The molecule has 2 aromatic heterocycles. The summed E-state index contributed by atoms with van der Waals surface area (Å²) >= 11 is 0. The zero-order valence-electron chi connectivity index (χ0n) is 33.0. The molecule has 4 aliphatic rings. The van der Waals surface area contributed by atoms with Gasteiger partial charge in [0.2, 0.25) is 11.8 Å². The Morgan fingerprint density at radius 2 is 1.19 bits per heavy atom. The van der Waals surface area contributed by atoms with Crippen LogP contribution in [-0.2, 0) is 19.1 Å². The number of likely N-dealkylation sites (tertiary alicyclic amines) is 2. The Bertz CT molecular complexity index is 2360. The van der Waals surface area contributed by atoms with Crippen LogP contribution in [0.3, 0.4) is 0 Å². The van der Waals surface area contributed by atoms with Crippen LogP contribution in [-0.4, -0.2) is 93.1 Å². The van der Waals surface area contributed by atoms with Crippen LogP contribution in [0, 0.1) is 11.8 Å². The van der Waals surface area contributed by atoms with E-state index in [1.54, 1.807) is 0 Å². The number of fused-ring (bicyclic) bond motifs is 2. The van der Waals surface area contributed by atoms with Crippen molar-refractivity contribution in [1.29, 1.82) is 0 Å². The van der Waals surface area contributed by atoms with Crippen LogP contribution in [0.2, 0.25) is 0 Å². The quantitative estimate of drug-likeness (QED) is 0.116. The third-order valence-corrected chi connectivity index (χ3v) is 13.0. The maximum absolute atomic E-state index is 13.8. The minimum absolute atomic E-state index is 0.0676. The van der Waals surface area contributed by atoms with Crippen LogP contribution in [0.25, 0.3) is 44.2 Å². The average Bonchev–Trinajstić information content (AvgIpc) is 4.04. The molecule has 14 heteroatoms. The molecule has 4 heterocycles. The lowest BCUT2D eigenvalue weighted by Crippen LogP contribution is -2.53. The molecule has 0 radical (unpaired) electrons. The van der Waals surface area contributed by atoms with Crippen molar-refractivity contribution in [2.45, 2.75) is 88.4 Å². The molecule has 4 amide bonds. The normalized spacial score (nSPS) is 20.7. The van der Waals surface area contributed by atoms with Gasteiger partial charge in [-0.2, -0.15) is 0 Å². The number of imidazole rings is 2. The maximum Gasteiger partial charge on any atom is 0.407 e. The fourth-order valence-corrected chi connectivity index (χ4v) is 9.28. The second kappa shape index (κ2) is 15.8. The number of aromatic amines is 2. The Labute approximate surface area is 336 Å². The summed E-state index contributed by atoms with van der Waals surface area (Å²) in [5.74, 6) is 1.62. The van der Waals surface area contributed by atoms with Crippen molar-refractivity contribution in [3.63, 3.8) is 0 Å². The highest BCUT2D eigenvalue weighted by Crippen LogP contribution is 2.39. The lowest BCUT2D eigenvalue weighted by atomic mass is 9.79. The minimum atomic E-state index is -0.590. The van der Waals surface area contributed by atoms with E-state index in [0.717, 1.165) is 120 Å². The summed E-state index contributed by atoms with van der Waals surface area (Å²) in [5, 5.41) is 7.80. The highest BCUT2D eigenvalue weighted by Gasteiger charge is 2.43. The third-order valence-electron chi connectivity index (χ3n) is 13.0. The number of hydrogen-bond donors (Lipinski definition) is 4. The number of alkyl carbamates (subject to hydrolysis) is 2. The van der Waals surface area contributed by atoms with E-state index in [4.69, 9.17) is 19.4 Å². The van der Waals surface area contributed by atoms with Crippen LogP contribution in [0.1, 0.15) is 87.9 Å². The molecule has 9 rings (SSSR count). The Balaban J connectivity index is 0.903. The van der Waals surface area contributed by atoms with Gasteiger partial charge in [0.15, 0.2) is 0 Å². The predicted molar refractivity (Wildman–Crippen MR) is 217 cm³/mol. The molecule has 0 unspecified atom stereocenters. The van der Waals surface area contributed by atoms with E-state index >= 15 is 0 Å². The highest BCUT2D eigenvalue weighted by atomic mass is 16.5. The molecule has 4 atom stereocenters. The van der Waals surface area contributed by atoms with Crippen molar-refractivity contribution in [3.8, 4) is 22.4 Å². The second-order valence-corrected chi connectivity index (χ2v) is 16.3. The summed E-state index contributed by atoms with van der Waals surface area (Å²) in [5.41, 5.74) is 5.75. The number of hydrogen-bond acceptors (Lipinski definition) is 8. The molecule has 2 saturated heterocycles. The van der Waals surface area contributed by atoms with Gasteiger partial charge < -0.3 is 39.9 Å². The van der Waals surface area contributed by atoms with Gasteiger partial charge in [0.25, 0.3) is 0 Å². The first-order valence-electron chi connectivity index (χ1n) is 20.7. The summed E-state index contributed by atoms with van der Waals surface area (Å²) in [6, 6.07) is 17.4. The molecule has 3 aromatic carbocycles. The first-order valence-corrected chi connectivity index (χ1v) is 20.7. The van der Waals surface area contributed by atoms with Gasteiger partial charge in [-0.25, -0.2) is 19.6 Å². The third kappa shape index (κ3) is 7.13. The molecule has 5 aromatic rings. The predicted octanol–water partition coefficient (Wildman–Crippen LogP) is 7.15. The van der Waals surface area contributed by atoms with E-state index in [9.17, 15) is 19.2 Å². The molecule has 2 aliphatic carbocycles. The van der Waals surface area contributed by atoms with E-state index < -0.39 is 24.3 Å². The number of nitrogens with one attached hydrogen (secondary N) is 4. The number of methoxy groups -OCH3 is 2. The average molecular weight is 787 g/mol. The summed E-state index contributed by atoms with van der Waals surface area (Å²) < 4.78 is 9.68. The highest BCUT2D eigenvalue weighted by molar-refractivity contribution is 5.92. The number of benzene rings is 3. The number of amides is 4. The maximum atomic E-state index is 13.8. The number of carbonyl (C=O) groups excluding carboxylic acids is 4. The van der Waals surface area contributed by atoms with Gasteiger partial charge in [-0.3, -0.25) is 9.59 Å². The van der Waals surface area contributed by atoms with E-state index in [2.05, 4.69) is 69.1 Å². The van der Waals surface area contributed by atoms with Crippen LogP contribution >= 0.6 is 0 Å². The van der Waals surface area contributed by atoms with Crippen molar-refractivity contribution in [2.24, 2.45) is 11.8 Å². The molecule has 4 N–H and O–H groups in total. The number of aromatic nitrogens is 4. The number of ether oxygens (including phenoxy) is 2. The number of nitrogens with zero attached hydrogens (tertiary/aromatic N) is 4. The van der Waals surface area contributed by atoms with E-state index in [-0.39, 0.29) is 35.7 Å². The van der Waals surface area contributed by atoms with Crippen molar-refractivity contribution in [1.82, 2.24) is 40.4 Å². The van der Waals surface area contributed by atoms with Crippen molar-refractivity contribution < 1.29 is 28.7 Å². The van der Waals surface area contributed by atoms with E-state index in [0.29, 0.717) is 13.1 Å². The van der Waals surface area contributed by atoms with Crippen LogP contribution < -0.4 is 10.6 Å². The molecule has 302 valence electrons. The lowest BCUT2D eigenvalue weighted by molar-refractivity contribution is -0.137. The topological polar surface area (TPSA) is 175 Å². The van der Waals surface area contributed by atoms with Gasteiger partial charge in [0.1, 0.15) is 23.7 Å². The first-order chi connectivity index (χ1) is 28.3. The monoisotopic (exact) mass is 786 g/mol. The Hall–Kier alpha value is -5.92. The largest absolute Gasteiger partial charge is 0.453 e. The van der Waals surface area contributed by atoms with E-state index in [1.807, 2.05) is 22.1 Å². The molecule has 58 heavy (non-hydrogen) atoms. The molecule has 2 aliphatic heterocycles. The van der Waals surface area contributed by atoms with Gasteiger partial charge in [-0.1, -0.05) is 43.2 Å². The Morgan fingerprint density at radius 3 is 1.76 bits per heavy atom. The molecular formula is C44H50N8O6. The number of rotatable bonds is 10. The van der Waals surface area contributed by atoms with Crippen molar-refractivity contribution >= 4 is 45.8 Å². The number of H-pyrrole nitrogens is 2. The summed E-state index contributed by atoms with van der Waals surface area (Å²) in [7, 11) is 2.64. The molecule has 0 bridgehead atoms. The van der Waals surface area contributed by atoms with Gasteiger partial charge in [0, 0.05) is 18.7 Å².